The Hall–Kier alpha value is -5.28. The first-order chi connectivity index (χ1) is 17.9. The normalized spacial score (nSPS) is 10.6. The molecule has 0 aliphatic heterocycles. The maximum Gasteiger partial charge on any atom is 0.256 e. The van der Waals surface area contributed by atoms with Crippen LogP contribution in [0.4, 0.5) is 5.69 Å². The van der Waals surface area contributed by atoms with E-state index in [9.17, 15) is 14.9 Å². The van der Waals surface area contributed by atoms with Crippen molar-refractivity contribution in [1.29, 1.82) is 5.26 Å². The van der Waals surface area contributed by atoms with Crippen molar-refractivity contribution in [1.82, 2.24) is 4.98 Å². The molecule has 6 nitrogen and oxygen atoms in total. The lowest BCUT2D eigenvalue weighted by Crippen LogP contribution is -2.14. The van der Waals surface area contributed by atoms with Gasteiger partial charge in [0.05, 0.1) is 11.6 Å². The maximum absolute atomic E-state index is 13.7. The smallest absolute Gasteiger partial charge is 0.256 e. The number of benzene rings is 4. The van der Waals surface area contributed by atoms with Crippen LogP contribution in [0.2, 0.25) is 0 Å². The molecule has 3 N–H and O–H groups in total. The summed E-state index contributed by atoms with van der Waals surface area (Å²) in [5.74, 6) is -0.775. The molecule has 37 heavy (non-hydrogen) atoms. The summed E-state index contributed by atoms with van der Waals surface area (Å²) in [5.41, 5.74) is 11.6. The largest absolute Gasteiger partial charge is 0.366 e. The molecule has 5 aromatic rings. The van der Waals surface area contributed by atoms with Gasteiger partial charge in [0.1, 0.15) is 0 Å². The van der Waals surface area contributed by atoms with Crippen LogP contribution in [0.5, 0.6) is 0 Å². The Morgan fingerprint density at radius 2 is 1.68 bits per heavy atom. The quantitative estimate of drug-likeness (QED) is 0.315. The molecular weight excluding hydrogens is 460 g/mol. The van der Waals surface area contributed by atoms with E-state index in [4.69, 9.17) is 5.73 Å². The predicted molar refractivity (Wildman–Crippen MR) is 145 cm³/mol. The minimum absolute atomic E-state index is 0.277. The van der Waals surface area contributed by atoms with Gasteiger partial charge in [0.25, 0.3) is 5.91 Å². The summed E-state index contributed by atoms with van der Waals surface area (Å²) in [4.78, 5) is 29.3. The molecule has 5 rings (SSSR count). The number of carbonyl (C=O) groups excluding carboxylic acids is 2. The van der Waals surface area contributed by atoms with Crippen molar-refractivity contribution in [3.05, 3.63) is 120 Å². The van der Waals surface area contributed by atoms with Gasteiger partial charge in [-0.05, 0) is 88.7 Å². The zero-order chi connectivity index (χ0) is 25.9. The van der Waals surface area contributed by atoms with Gasteiger partial charge >= 0.3 is 0 Å². The molecule has 2 amide bonds. The van der Waals surface area contributed by atoms with Crippen LogP contribution in [0.25, 0.3) is 33.0 Å². The van der Waals surface area contributed by atoms with Gasteiger partial charge in [-0.15, -0.1) is 0 Å². The van der Waals surface area contributed by atoms with Gasteiger partial charge in [-0.25, -0.2) is 0 Å². The molecule has 0 aliphatic carbocycles. The molecular formula is C31H22N4O2. The molecule has 0 fully saturated rings. The minimum Gasteiger partial charge on any atom is -0.366 e. The number of nitrogens with one attached hydrogen (secondary N) is 1. The number of nitrogens with two attached hydrogens (primary N) is 1. The monoisotopic (exact) mass is 482 g/mol. The highest BCUT2D eigenvalue weighted by Gasteiger charge is 2.18. The lowest BCUT2D eigenvalue weighted by Gasteiger charge is -2.16. The third-order valence-electron chi connectivity index (χ3n) is 6.29. The second-order valence-corrected chi connectivity index (χ2v) is 8.74. The summed E-state index contributed by atoms with van der Waals surface area (Å²) < 4.78 is 0. The summed E-state index contributed by atoms with van der Waals surface area (Å²) in [6.45, 7) is 1.97. The van der Waals surface area contributed by atoms with Crippen molar-refractivity contribution in [2.24, 2.45) is 5.73 Å². The Labute approximate surface area is 214 Å². The third kappa shape index (κ3) is 4.79. The van der Waals surface area contributed by atoms with Gasteiger partial charge in [-0.2, -0.15) is 5.26 Å². The number of carbonyl (C=O) groups is 2. The van der Waals surface area contributed by atoms with Crippen LogP contribution in [-0.2, 0) is 0 Å². The summed E-state index contributed by atoms with van der Waals surface area (Å²) in [6.07, 6.45) is 3.49. The van der Waals surface area contributed by atoms with Crippen molar-refractivity contribution in [3.63, 3.8) is 0 Å². The summed E-state index contributed by atoms with van der Waals surface area (Å²) in [6, 6.07) is 27.7. The van der Waals surface area contributed by atoms with E-state index in [1.54, 1.807) is 42.7 Å². The fourth-order valence-electron chi connectivity index (χ4n) is 4.38. The number of primary amides is 1. The molecule has 0 saturated heterocycles. The Morgan fingerprint density at radius 3 is 2.43 bits per heavy atom. The van der Waals surface area contributed by atoms with E-state index < -0.39 is 5.91 Å². The number of nitrogens with zero attached hydrogens (tertiary/aromatic N) is 2. The Morgan fingerprint density at radius 1 is 0.865 bits per heavy atom. The fourth-order valence-corrected chi connectivity index (χ4v) is 4.38. The summed E-state index contributed by atoms with van der Waals surface area (Å²) in [7, 11) is 0. The van der Waals surface area contributed by atoms with Crippen molar-refractivity contribution < 1.29 is 9.59 Å². The lowest BCUT2D eigenvalue weighted by atomic mass is 9.90. The summed E-state index contributed by atoms with van der Waals surface area (Å²) in [5, 5.41) is 14.4. The topological polar surface area (TPSA) is 109 Å². The molecule has 4 aromatic carbocycles. The van der Waals surface area contributed by atoms with E-state index in [1.165, 1.54) is 0 Å². The van der Waals surface area contributed by atoms with Gasteiger partial charge in [0.15, 0.2) is 0 Å². The van der Waals surface area contributed by atoms with Crippen LogP contribution in [0, 0.1) is 18.3 Å². The Balaban J connectivity index is 1.61. The molecule has 0 atom stereocenters. The summed E-state index contributed by atoms with van der Waals surface area (Å²) >= 11 is 0. The lowest BCUT2D eigenvalue weighted by molar-refractivity contribution is 0.0997. The minimum atomic E-state index is -0.498. The van der Waals surface area contributed by atoms with Crippen LogP contribution in [0.3, 0.4) is 0 Å². The van der Waals surface area contributed by atoms with Crippen LogP contribution >= 0.6 is 0 Å². The number of nitriles is 1. The Bertz CT molecular complexity index is 1720. The van der Waals surface area contributed by atoms with Gasteiger partial charge in [-0.3, -0.25) is 14.6 Å². The highest BCUT2D eigenvalue weighted by molar-refractivity contribution is 6.10. The standard InChI is InChI=1S/C31H22N4O2/c1-19-13-28(24-4-2-3-20(14-24)17-32)29(16-27(19)21-5-7-22(8-6-21)30(33)36)31(37)35-26-10-9-25-18-34-12-11-23(25)15-26/h2-16,18H,1H3,(H2,33,36)(H,35,37). The molecule has 0 radical (unpaired) electrons. The van der Waals surface area contributed by atoms with Gasteiger partial charge in [0.2, 0.25) is 5.91 Å². The highest BCUT2D eigenvalue weighted by atomic mass is 16.2. The average Bonchev–Trinajstić information content (AvgIpc) is 2.93. The molecule has 1 aromatic heterocycles. The first-order valence-electron chi connectivity index (χ1n) is 11.6. The second-order valence-electron chi connectivity index (χ2n) is 8.74. The zero-order valence-corrected chi connectivity index (χ0v) is 20.0. The molecule has 0 unspecified atom stereocenters. The van der Waals surface area contributed by atoms with E-state index in [2.05, 4.69) is 16.4 Å². The highest BCUT2D eigenvalue weighted by Crippen LogP contribution is 2.33. The number of aryl methyl sites for hydroxylation is 1. The number of pyridine rings is 1. The van der Waals surface area contributed by atoms with Crippen molar-refractivity contribution in [2.45, 2.75) is 6.92 Å². The van der Waals surface area contributed by atoms with Gasteiger partial charge in [-0.1, -0.05) is 36.4 Å². The first kappa shape index (κ1) is 23.5. The van der Waals surface area contributed by atoms with Crippen molar-refractivity contribution in [2.75, 3.05) is 5.32 Å². The predicted octanol–water partition coefficient (Wildman–Crippen LogP) is 6.10. The molecule has 178 valence electrons. The third-order valence-corrected chi connectivity index (χ3v) is 6.29. The number of hydrogen-bond acceptors (Lipinski definition) is 4. The number of amides is 2. The van der Waals surface area contributed by atoms with Crippen LogP contribution in [0.1, 0.15) is 31.8 Å². The SMILES string of the molecule is Cc1cc(-c2cccc(C#N)c2)c(C(=O)Nc2ccc3cnccc3c2)cc1-c1ccc(C(N)=O)cc1. The molecule has 0 aliphatic rings. The van der Waals surface area contributed by atoms with Crippen molar-refractivity contribution >= 4 is 28.3 Å². The molecule has 0 spiro atoms. The Kier molecular flexibility index (Phi) is 6.19. The van der Waals surface area contributed by atoms with Crippen molar-refractivity contribution in [3.8, 4) is 28.3 Å². The fraction of sp³-hybridized carbons (Fsp3) is 0.0323. The number of fused-ring (bicyclic) bond motifs is 1. The number of rotatable bonds is 5. The average molecular weight is 483 g/mol. The van der Waals surface area contributed by atoms with E-state index in [1.807, 2.05) is 61.5 Å². The number of anilines is 1. The van der Waals surface area contributed by atoms with Crippen LogP contribution in [0.15, 0.2) is 97.3 Å². The van der Waals surface area contributed by atoms with Crippen LogP contribution in [-0.4, -0.2) is 16.8 Å². The molecule has 1 heterocycles. The number of hydrogen-bond donors (Lipinski definition) is 2. The van der Waals surface area contributed by atoms with Crippen LogP contribution < -0.4 is 11.1 Å². The molecule has 0 bridgehead atoms. The number of aromatic nitrogens is 1. The van der Waals surface area contributed by atoms with E-state index in [0.717, 1.165) is 38.6 Å². The first-order valence-corrected chi connectivity index (χ1v) is 11.6. The maximum atomic E-state index is 13.7. The van der Waals surface area contributed by atoms with E-state index in [-0.39, 0.29) is 5.91 Å². The molecule has 0 saturated carbocycles. The molecule has 6 heteroatoms. The van der Waals surface area contributed by atoms with Gasteiger partial charge < -0.3 is 11.1 Å². The van der Waals surface area contributed by atoms with E-state index in [0.29, 0.717) is 22.4 Å². The zero-order valence-electron chi connectivity index (χ0n) is 20.0. The van der Waals surface area contributed by atoms with E-state index >= 15 is 0 Å². The van der Waals surface area contributed by atoms with Gasteiger partial charge in [0, 0.05) is 34.6 Å². The second kappa shape index (κ2) is 9.76.